The second kappa shape index (κ2) is 6.99. The van der Waals surface area contributed by atoms with Gasteiger partial charge in [0.15, 0.2) is 0 Å². The quantitative estimate of drug-likeness (QED) is 0.637. The minimum absolute atomic E-state index is 0.0187. The van der Waals surface area contributed by atoms with Crippen LogP contribution < -0.4 is 10.6 Å². The van der Waals surface area contributed by atoms with Crippen molar-refractivity contribution >= 4 is 12.0 Å². The Morgan fingerprint density at radius 3 is 2.70 bits per heavy atom. The normalized spacial score (nSPS) is 21.2. The third-order valence-corrected chi connectivity index (χ3v) is 3.58. The van der Waals surface area contributed by atoms with Crippen LogP contribution >= 0.6 is 0 Å². The van der Waals surface area contributed by atoms with E-state index in [1.807, 2.05) is 20.8 Å². The van der Waals surface area contributed by atoms with E-state index in [0.717, 1.165) is 19.3 Å². The molecule has 1 heterocycles. The molecule has 1 fully saturated rings. The fraction of sp³-hybridized carbons (Fsp3) is 0.667. The van der Waals surface area contributed by atoms with Gasteiger partial charge in [0.1, 0.15) is 16.3 Å². The van der Waals surface area contributed by atoms with Crippen molar-refractivity contribution in [1.82, 2.24) is 10.6 Å². The third-order valence-electron chi connectivity index (χ3n) is 3.58. The van der Waals surface area contributed by atoms with E-state index in [1.54, 1.807) is 6.07 Å². The molecule has 8 heteroatoms. The molecule has 1 aromatic heterocycles. The number of amides is 1. The van der Waals surface area contributed by atoms with E-state index in [1.165, 1.54) is 6.07 Å². The molecule has 0 spiro atoms. The van der Waals surface area contributed by atoms with Crippen LogP contribution in [0.15, 0.2) is 16.5 Å². The van der Waals surface area contributed by atoms with Gasteiger partial charge in [0.2, 0.25) is 0 Å². The minimum atomic E-state index is -0.564. The Labute approximate surface area is 134 Å². The summed E-state index contributed by atoms with van der Waals surface area (Å²) in [4.78, 5) is 21.9. The summed E-state index contributed by atoms with van der Waals surface area (Å²) < 4.78 is 10.4. The maximum absolute atomic E-state index is 11.9. The summed E-state index contributed by atoms with van der Waals surface area (Å²) in [6.07, 6.45) is 2.36. The number of hydrogen-bond donors (Lipinski definition) is 2. The van der Waals surface area contributed by atoms with Gasteiger partial charge in [-0.3, -0.25) is 10.1 Å². The predicted molar refractivity (Wildman–Crippen MR) is 83.0 cm³/mol. The smallest absolute Gasteiger partial charge is 0.433 e. The topological polar surface area (TPSA) is 107 Å². The van der Waals surface area contributed by atoms with Crippen molar-refractivity contribution in [3.05, 3.63) is 28.0 Å². The van der Waals surface area contributed by atoms with Crippen molar-refractivity contribution in [2.45, 2.75) is 64.3 Å². The van der Waals surface area contributed by atoms with Crippen molar-refractivity contribution in [3.8, 4) is 0 Å². The summed E-state index contributed by atoms with van der Waals surface area (Å²) in [5.41, 5.74) is -0.529. The van der Waals surface area contributed by atoms with Gasteiger partial charge in [-0.05, 0) is 46.1 Å². The number of hydrogen-bond acceptors (Lipinski definition) is 6. The molecule has 2 unspecified atom stereocenters. The monoisotopic (exact) mass is 325 g/mol. The average molecular weight is 325 g/mol. The summed E-state index contributed by atoms with van der Waals surface area (Å²) in [6.45, 7) is 5.84. The molecular weight excluding hydrogens is 302 g/mol. The molecule has 0 bridgehead atoms. The van der Waals surface area contributed by atoms with Crippen molar-refractivity contribution in [2.24, 2.45) is 0 Å². The van der Waals surface area contributed by atoms with Crippen LogP contribution in [0.2, 0.25) is 0 Å². The highest BCUT2D eigenvalue weighted by molar-refractivity contribution is 5.68. The molecule has 128 valence electrons. The summed E-state index contributed by atoms with van der Waals surface area (Å²) in [5, 5.41) is 16.8. The molecule has 1 amide bonds. The lowest BCUT2D eigenvalue weighted by atomic mass is 10.1. The number of furan rings is 1. The van der Waals surface area contributed by atoms with E-state index in [0.29, 0.717) is 12.3 Å². The van der Waals surface area contributed by atoms with Gasteiger partial charge >= 0.3 is 12.0 Å². The van der Waals surface area contributed by atoms with E-state index >= 15 is 0 Å². The van der Waals surface area contributed by atoms with Gasteiger partial charge in [0.25, 0.3) is 0 Å². The number of carbonyl (C=O) groups excluding carboxylic acids is 1. The zero-order valence-corrected chi connectivity index (χ0v) is 13.6. The minimum Gasteiger partial charge on any atom is -0.444 e. The lowest BCUT2D eigenvalue weighted by Gasteiger charge is -2.25. The van der Waals surface area contributed by atoms with Gasteiger partial charge in [-0.1, -0.05) is 0 Å². The summed E-state index contributed by atoms with van der Waals surface area (Å²) >= 11 is 0. The van der Waals surface area contributed by atoms with E-state index in [9.17, 15) is 14.9 Å². The van der Waals surface area contributed by atoms with Gasteiger partial charge in [0, 0.05) is 12.1 Å². The number of nitrogens with one attached hydrogen (secondary N) is 2. The van der Waals surface area contributed by atoms with Gasteiger partial charge in [0.05, 0.1) is 12.6 Å². The molecule has 1 saturated carbocycles. The zero-order valence-electron chi connectivity index (χ0n) is 13.6. The van der Waals surface area contributed by atoms with E-state index in [4.69, 9.17) is 9.15 Å². The fourth-order valence-corrected chi connectivity index (χ4v) is 2.63. The number of nitro groups is 1. The Balaban J connectivity index is 1.84. The highest BCUT2D eigenvalue weighted by Gasteiger charge is 2.30. The van der Waals surface area contributed by atoms with Crippen LogP contribution in [0.1, 0.15) is 45.8 Å². The predicted octanol–water partition coefficient (Wildman–Crippen LogP) is 2.72. The number of ether oxygens (including phenoxy) is 1. The zero-order chi connectivity index (χ0) is 17.0. The van der Waals surface area contributed by atoms with Gasteiger partial charge < -0.3 is 19.8 Å². The molecule has 1 aromatic rings. The first-order valence-electron chi connectivity index (χ1n) is 7.70. The van der Waals surface area contributed by atoms with Crippen molar-refractivity contribution in [3.63, 3.8) is 0 Å². The van der Waals surface area contributed by atoms with Gasteiger partial charge in [-0.15, -0.1) is 0 Å². The standard InChI is InChI=1S/C15H23N3O5/c1-15(2,3)23-14(19)17-12-6-4-5-11(12)16-9-10-7-8-13(22-10)18(20)21/h7-8,11-12,16H,4-6,9H2,1-3H3,(H,17,19). The SMILES string of the molecule is CC(C)(C)OC(=O)NC1CCCC1NCc1ccc([N+](=O)[O-])o1. The van der Waals surface area contributed by atoms with Crippen LogP contribution in [-0.2, 0) is 11.3 Å². The van der Waals surface area contributed by atoms with Crippen molar-refractivity contribution in [1.29, 1.82) is 0 Å². The molecule has 2 atom stereocenters. The first kappa shape index (κ1) is 17.3. The molecule has 2 rings (SSSR count). The summed E-state index contributed by atoms with van der Waals surface area (Å²) in [5.74, 6) is 0.233. The van der Waals surface area contributed by atoms with Crippen LogP contribution in [-0.4, -0.2) is 28.7 Å². The molecular formula is C15H23N3O5. The van der Waals surface area contributed by atoms with Crippen molar-refractivity contribution < 1.29 is 18.9 Å². The van der Waals surface area contributed by atoms with Crippen molar-refractivity contribution in [2.75, 3.05) is 0 Å². The van der Waals surface area contributed by atoms with E-state index < -0.39 is 16.6 Å². The van der Waals surface area contributed by atoms with Crippen LogP contribution in [0.5, 0.6) is 0 Å². The summed E-state index contributed by atoms with van der Waals surface area (Å²) in [6, 6.07) is 2.99. The fourth-order valence-electron chi connectivity index (χ4n) is 2.63. The second-order valence-electron chi connectivity index (χ2n) is 6.67. The lowest BCUT2D eigenvalue weighted by Crippen LogP contribution is -2.47. The van der Waals surface area contributed by atoms with Crippen LogP contribution in [0.3, 0.4) is 0 Å². The van der Waals surface area contributed by atoms with E-state index in [-0.39, 0.29) is 18.0 Å². The molecule has 0 aliphatic heterocycles. The first-order chi connectivity index (χ1) is 10.7. The van der Waals surface area contributed by atoms with Crippen LogP contribution in [0.4, 0.5) is 10.7 Å². The molecule has 8 nitrogen and oxygen atoms in total. The molecule has 0 radical (unpaired) electrons. The highest BCUT2D eigenvalue weighted by atomic mass is 16.6. The number of rotatable bonds is 5. The Morgan fingerprint density at radius 1 is 1.39 bits per heavy atom. The van der Waals surface area contributed by atoms with Crippen LogP contribution in [0.25, 0.3) is 0 Å². The lowest BCUT2D eigenvalue weighted by molar-refractivity contribution is -0.402. The Kier molecular flexibility index (Phi) is 5.25. The Bertz CT molecular complexity index is 564. The maximum Gasteiger partial charge on any atom is 0.433 e. The first-order valence-corrected chi connectivity index (χ1v) is 7.70. The van der Waals surface area contributed by atoms with Gasteiger partial charge in [-0.2, -0.15) is 0 Å². The Hall–Kier alpha value is -2.09. The number of carbonyl (C=O) groups is 1. The molecule has 2 N–H and O–H groups in total. The largest absolute Gasteiger partial charge is 0.444 e. The third kappa shape index (κ3) is 5.24. The number of alkyl carbamates (subject to hydrolysis) is 1. The molecule has 1 aliphatic rings. The summed E-state index contributed by atoms with van der Waals surface area (Å²) in [7, 11) is 0. The molecule has 23 heavy (non-hydrogen) atoms. The highest BCUT2D eigenvalue weighted by Crippen LogP contribution is 2.21. The Morgan fingerprint density at radius 2 is 2.09 bits per heavy atom. The number of nitrogens with zero attached hydrogens (tertiary/aromatic N) is 1. The molecule has 1 aliphatic carbocycles. The molecule has 0 aromatic carbocycles. The van der Waals surface area contributed by atoms with Gasteiger partial charge in [-0.25, -0.2) is 4.79 Å². The second-order valence-corrected chi connectivity index (χ2v) is 6.67. The van der Waals surface area contributed by atoms with E-state index in [2.05, 4.69) is 10.6 Å². The average Bonchev–Trinajstić information content (AvgIpc) is 3.02. The molecule has 0 saturated heterocycles. The van der Waals surface area contributed by atoms with Crippen LogP contribution in [0, 0.1) is 10.1 Å². The maximum atomic E-state index is 11.9.